The van der Waals surface area contributed by atoms with Crippen LogP contribution in [-0.4, -0.2) is 26.4 Å². The largest absolute Gasteiger partial charge is 0.378 e. The Morgan fingerprint density at radius 1 is 1.00 bits per heavy atom. The molecule has 0 radical (unpaired) electrons. The Hall–Kier alpha value is -0.0800. The molecule has 0 heterocycles. The second kappa shape index (κ2) is 3.00. The van der Waals surface area contributed by atoms with Crippen molar-refractivity contribution in [2.45, 2.75) is 32.0 Å². The highest BCUT2D eigenvalue weighted by atomic mass is 16.5. The summed E-state index contributed by atoms with van der Waals surface area (Å²) in [7, 11) is 3.62. The van der Waals surface area contributed by atoms with Crippen LogP contribution in [0.25, 0.3) is 0 Å². The van der Waals surface area contributed by atoms with Crippen molar-refractivity contribution in [3.05, 3.63) is 0 Å². The normalized spacial score (nSPS) is 51.8. The first kappa shape index (κ1) is 8.52. The van der Waals surface area contributed by atoms with Gasteiger partial charge in [0.15, 0.2) is 0 Å². The van der Waals surface area contributed by atoms with E-state index in [0.29, 0.717) is 12.2 Å². The average Bonchev–Trinajstić information content (AvgIpc) is 2.58. The van der Waals surface area contributed by atoms with Crippen molar-refractivity contribution in [2.24, 2.45) is 17.8 Å². The quantitative estimate of drug-likeness (QED) is 0.628. The van der Waals surface area contributed by atoms with Crippen LogP contribution in [-0.2, 0) is 9.47 Å². The minimum Gasteiger partial charge on any atom is -0.378 e. The topological polar surface area (TPSA) is 18.5 Å². The summed E-state index contributed by atoms with van der Waals surface area (Å²) < 4.78 is 11.0. The maximum atomic E-state index is 5.49. The highest BCUT2D eigenvalue weighted by Gasteiger charge is 2.51. The minimum absolute atomic E-state index is 0.365. The van der Waals surface area contributed by atoms with E-state index in [4.69, 9.17) is 9.47 Å². The van der Waals surface area contributed by atoms with Crippen LogP contribution in [0, 0.1) is 17.8 Å². The van der Waals surface area contributed by atoms with Crippen LogP contribution in [0.15, 0.2) is 0 Å². The van der Waals surface area contributed by atoms with Crippen molar-refractivity contribution < 1.29 is 9.47 Å². The second-order valence-corrected chi connectivity index (χ2v) is 4.27. The summed E-state index contributed by atoms with van der Waals surface area (Å²) in [5.74, 6) is 2.36. The Morgan fingerprint density at radius 2 is 1.67 bits per heavy atom. The molecular formula is C10H18O2. The molecule has 0 N–H and O–H groups in total. The Kier molecular flexibility index (Phi) is 2.13. The van der Waals surface area contributed by atoms with Gasteiger partial charge in [0.25, 0.3) is 0 Å². The van der Waals surface area contributed by atoms with E-state index in [0.717, 1.165) is 17.8 Å². The van der Waals surface area contributed by atoms with E-state index in [1.807, 2.05) is 14.2 Å². The van der Waals surface area contributed by atoms with E-state index in [-0.39, 0.29) is 0 Å². The summed E-state index contributed by atoms with van der Waals surface area (Å²) in [6.07, 6.45) is 3.39. The molecule has 2 fully saturated rings. The number of methoxy groups -OCH3 is 2. The Morgan fingerprint density at radius 3 is 2.25 bits per heavy atom. The molecule has 2 bridgehead atoms. The highest BCUT2D eigenvalue weighted by molar-refractivity contribution is 5.01. The molecule has 0 aromatic rings. The van der Waals surface area contributed by atoms with Gasteiger partial charge in [-0.2, -0.15) is 0 Å². The van der Waals surface area contributed by atoms with E-state index in [1.165, 1.54) is 12.8 Å². The van der Waals surface area contributed by atoms with Gasteiger partial charge in [-0.3, -0.25) is 0 Å². The first-order valence-electron chi connectivity index (χ1n) is 4.83. The number of fused-ring (bicyclic) bond motifs is 2. The molecule has 2 aliphatic carbocycles. The van der Waals surface area contributed by atoms with Crippen molar-refractivity contribution in [1.82, 2.24) is 0 Å². The lowest BCUT2D eigenvalue weighted by atomic mass is 9.86. The van der Waals surface area contributed by atoms with E-state index in [1.54, 1.807) is 0 Å². The summed E-state index contributed by atoms with van der Waals surface area (Å²) in [6, 6.07) is 0. The summed E-state index contributed by atoms with van der Waals surface area (Å²) in [5.41, 5.74) is 0. The van der Waals surface area contributed by atoms with Crippen LogP contribution in [0.1, 0.15) is 19.8 Å². The predicted octanol–water partition coefficient (Wildman–Crippen LogP) is 1.69. The molecule has 2 rings (SSSR count). The number of hydrogen-bond acceptors (Lipinski definition) is 2. The molecule has 0 saturated heterocycles. The van der Waals surface area contributed by atoms with Crippen molar-refractivity contribution in [3.8, 4) is 0 Å². The molecule has 5 unspecified atom stereocenters. The van der Waals surface area contributed by atoms with Crippen LogP contribution in [0.5, 0.6) is 0 Å². The highest BCUT2D eigenvalue weighted by Crippen LogP contribution is 2.50. The molecule has 0 spiro atoms. The number of hydrogen-bond donors (Lipinski definition) is 0. The Bertz CT molecular complexity index is 167. The van der Waals surface area contributed by atoms with E-state index < -0.39 is 0 Å². The van der Waals surface area contributed by atoms with E-state index in [9.17, 15) is 0 Å². The maximum absolute atomic E-state index is 5.49. The van der Waals surface area contributed by atoms with Crippen molar-refractivity contribution >= 4 is 0 Å². The Balaban J connectivity index is 2.11. The van der Waals surface area contributed by atoms with Gasteiger partial charge in [-0.1, -0.05) is 6.92 Å². The SMILES string of the molecule is COC1C2CC(C)C(C2)C1OC. The first-order chi connectivity index (χ1) is 5.77. The van der Waals surface area contributed by atoms with Crippen LogP contribution < -0.4 is 0 Å². The van der Waals surface area contributed by atoms with Gasteiger partial charge >= 0.3 is 0 Å². The molecule has 2 saturated carbocycles. The van der Waals surface area contributed by atoms with Crippen molar-refractivity contribution in [3.63, 3.8) is 0 Å². The van der Waals surface area contributed by atoms with E-state index in [2.05, 4.69) is 6.92 Å². The third kappa shape index (κ3) is 1.01. The molecule has 2 nitrogen and oxygen atoms in total. The molecule has 5 atom stereocenters. The monoisotopic (exact) mass is 170 g/mol. The third-order valence-corrected chi connectivity index (χ3v) is 3.74. The number of rotatable bonds is 2. The fraction of sp³-hybridized carbons (Fsp3) is 1.00. The van der Waals surface area contributed by atoms with Gasteiger partial charge < -0.3 is 9.47 Å². The van der Waals surface area contributed by atoms with Crippen LogP contribution in [0.2, 0.25) is 0 Å². The van der Waals surface area contributed by atoms with Gasteiger partial charge in [-0.25, -0.2) is 0 Å². The molecule has 12 heavy (non-hydrogen) atoms. The minimum atomic E-state index is 0.365. The lowest BCUT2D eigenvalue weighted by molar-refractivity contribution is -0.0752. The smallest absolute Gasteiger partial charge is 0.0866 e. The first-order valence-corrected chi connectivity index (χ1v) is 4.83. The molecule has 0 aromatic carbocycles. The fourth-order valence-corrected chi connectivity index (χ4v) is 3.20. The summed E-state index contributed by atoms with van der Waals surface area (Å²) in [6.45, 7) is 2.34. The van der Waals surface area contributed by atoms with Crippen LogP contribution in [0.3, 0.4) is 0 Å². The van der Waals surface area contributed by atoms with Gasteiger partial charge in [-0.05, 0) is 30.6 Å². The molecule has 70 valence electrons. The van der Waals surface area contributed by atoms with Crippen molar-refractivity contribution in [1.29, 1.82) is 0 Å². The second-order valence-electron chi connectivity index (χ2n) is 4.27. The van der Waals surface area contributed by atoms with Crippen LogP contribution in [0.4, 0.5) is 0 Å². The predicted molar refractivity (Wildman–Crippen MR) is 47.0 cm³/mol. The fourth-order valence-electron chi connectivity index (χ4n) is 3.20. The van der Waals surface area contributed by atoms with Gasteiger partial charge in [-0.15, -0.1) is 0 Å². The van der Waals surface area contributed by atoms with Gasteiger partial charge in [0.1, 0.15) is 0 Å². The number of ether oxygens (including phenoxy) is 2. The van der Waals surface area contributed by atoms with Gasteiger partial charge in [0, 0.05) is 14.2 Å². The van der Waals surface area contributed by atoms with Crippen molar-refractivity contribution in [2.75, 3.05) is 14.2 Å². The summed E-state index contributed by atoms with van der Waals surface area (Å²) in [5, 5.41) is 0. The zero-order valence-electron chi connectivity index (χ0n) is 8.12. The molecule has 0 amide bonds. The zero-order chi connectivity index (χ0) is 8.72. The molecule has 0 aliphatic heterocycles. The standard InChI is InChI=1S/C10H18O2/c1-6-4-7-5-8(6)10(12-3)9(7)11-2/h6-10H,4-5H2,1-3H3. The molecule has 0 aromatic heterocycles. The maximum Gasteiger partial charge on any atom is 0.0866 e. The lowest BCUT2D eigenvalue weighted by Gasteiger charge is -2.32. The summed E-state index contributed by atoms with van der Waals surface area (Å²) >= 11 is 0. The molecular weight excluding hydrogens is 152 g/mol. The van der Waals surface area contributed by atoms with E-state index >= 15 is 0 Å². The lowest BCUT2D eigenvalue weighted by Crippen LogP contribution is -2.38. The van der Waals surface area contributed by atoms with Gasteiger partial charge in [0.05, 0.1) is 12.2 Å². The third-order valence-electron chi connectivity index (χ3n) is 3.74. The Labute approximate surface area is 74.2 Å². The average molecular weight is 170 g/mol. The van der Waals surface area contributed by atoms with Gasteiger partial charge in [0.2, 0.25) is 0 Å². The van der Waals surface area contributed by atoms with Crippen LogP contribution >= 0.6 is 0 Å². The molecule has 2 aliphatic rings. The molecule has 2 heteroatoms. The summed E-state index contributed by atoms with van der Waals surface area (Å²) in [4.78, 5) is 0. The zero-order valence-corrected chi connectivity index (χ0v) is 8.12.